The van der Waals surface area contributed by atoms with Gasteiger partial charge in [-0.25, -0.2) is 9.90 Å². The van der Waals surface area contributed by atoms with Crippen LogP contribution in [0.25, 0.3) is 0 Å². The maximum Gasteiger partial charge on any atom is 0.453 e. The molecule has 0 saturated heterocycles. The Balaban J connectivity index is 3.89. The molecule has 0 spiro atoms. The van der Waals surface area contributed by atoms with Crippen LogP contribution in [0.3, 0.4) is 0 Å². The van der Waals surface area contributed by atoms with E-state index in [4.69, 9.17) is 9.47 Å². The molecular weight excluding hydrogens is 242 g/mol. The van der Waals surface area contributed by atoms with Crippen molar-refractivity contribution in [1.82, 2.24) is 4.90 Å². The van der Waals surface area contributed by atoms with Crippen molar-refractivity contribution in [2.75, 3.05) is 26.3 Å². The van der Waals surface area contributed by atoms with E-state index in [2.05, 4.69) is 0 Å². The molecule has 0 aliphatic rings. The summed E-state index contributed by atoms with van der Waals surface area (Å²) in [5.41, 5.74) is 0. The van der Waals surface area contributed by atoms with Gasteiger partial charge < -0.3 is 9.47 Å². The molecular formula is C11H18NO6. The molecule has 0 heterocycles. The summed E-state index contributed by atoms with van der Waals surface area (Å²) in [6.07, 6.45) is -0.922. The zero-order chi connectivity index (χ0) is 14.0. The smallest absolute Gasteiger partial charge is 0.453 e. The highest BCUT2D eigenvalue weighted by Crippen LogP contribution is 1.94. The molecule has 103 valence electrons. The number of hydrogen-bond acceptors (Lipinski definition) is 5. The van der Waals surface area contributed by atoms with Crippen molar-refractivity contribution in [3.63, 3.8) is 0 Å². The van der Waals surface area contributed by atoms with E-state index in [9.17, 15) is 19.5 Å². The van der Waals surface area contributed by atoms with Crippen LogP contribution in [0.2, 0.25) is 0 Å². The van der Waals surface area contributed by atoms with E-state index in [1.165, 1.54) is 0 Å². The van der Waals surface area contributed by atoms with Gasteiger partial charge in [-0.2, -0.15) is 0 Å². The summed E-state index contributed by atoms with van der Waals surface area (Å²) >= 11 is 0. The molecule has 0 aliphatic carbocycles. The van der Waals surface area contributed by atoms with Gasteiger partial charge in [-0.05, 0) is 0 Å². The first-order valence-corrected chi connectivity index (χ1v) is 5.78. The second kappa shape index (κ2) is 9.26. The van der Waals surface area contributed by atoms with E-state index in [0.717, 1.165) is 4.90 Å². The molecule has 0 aromatic carbocycles. The maximum absolute atomic E-state index is 10.8. The fourth-order valence-electron chi connectivity index (χ4n) is 1.04. The SMILES string of the molecule is CCC(=O)OCCN(CCOC(=O)CC)C([O])=O. The molecule has 0 aromatic heterocycles. The predicted octanol–water partition coefficient (Wildman–Crippen LogP) is 0.745. The molecule has 0 rings (SSSR count). The molecule has 0 fully saturated rings. The summed E-state index contributed by atoms with van der Waals surface area (Å²) in [5, 5.41) is 10.7. The van der Waals surface area contributed by atoms with Gasteiger partial charge in [0.25, 0.3) is 0 Å². The largest absolute Gasteiger partial charge is 0.464 e. The Bertz CT molecular complexity index is 269. The molecule has 0 aromatic rings. The van der Waals surface area contributed by atoms with Gasteiger partial charge in [-0.1, -0.05) is 13.8 Å². The lowest BCUT2D eigenvalue weighted by atomic mass is 10.5. The fraction of sp³-hybridized carbons (Fsp3) is 0.727. The van der Waals surface area contributed by atoms with Crippen molar-refractivity contribution in [3.8, 4) is 0 Å². The van der Waals surface area contributed by atoms with Crippen LogP contribution in [-0.2, 0) is 24.2 Å². The Kier molecular flexibility index (Phi) is 8.34. The van der Waals surface area contributed by atoms with E-state index in [1.54, 1.807) is 13.8 Å². The van der Waals surface area contributed by atoms with E-state index < -0.39 is 18.0 Å². The Morgan fingerprint density at radius 2 is 1.28 bits per heavy atom. The van der Waals surface area contributed by atoms with Crippen LogP contribution in [0.5, 0.6) is 0 Å². The number of esters is 2. The van der Waals surface area contributed by atoms with Crippen molar-refractivity contribution in [1.29, 1.82) is 0 Å². The highest BCUT2D eigenvalue weighted by Gasteiger charge is 2.14. The summed E-state index contributed by atoms with van der Waals surface area (Å²) in [6, 6.07) is 0. The number of ether oxygens (including phenoxy) is 2. The van der Waals surface area contributed by atoms with Gasteiger partial charge >= 0.3 is 18.0 Å². The van der Waals surface area contributed by atoms with Gasteiger partial charge in [0.2, 0.25) is 0 Å². The molecule has 0 N–H and O–H groups in total. The molecule has 7 heteroatoms. The van der Waals surface area contributed by atoms with E-state index in [-0.39, 0.29) is 39.1 Å². The van der Waals surface area contributed by atoms with Crippen LogP contribution >= 0.6 is 0 Å². The number of carbonyl (C=O) groups is 3. The van der Waals surface area contributed by atoms with Crippen LogP contribution in [0.1, 0.15) is 26.7 Å². The van der Waals surface area contributed by atoms with E-state index in [0.29, 0.717) is 0 Å². The van der Waals surface area contributed by atoms with E-state index >= 15 is 0 Å². The third kappa shape index (κ3) is 7.48. The van der Waals surface area contributed by atoms with Crippen molar-refractivity contribution in [2.45, 2.75) is 26.7 Å². The zero-order valence-electron chi connectivity index (χ0n) is 10.6. The van der Waals surface area contributed by atoms with Crippen molar-refractivity contribution in [2.24, 2.45) is 0 Å². The summed E-state index contributed by atoms with van der Waals surface area (Å²) in [5.74, 6) is -0.795. The molecule has 7 nitrogen and oxygen atoms in total. The molecule has 1 amide bonds. The average Bonchev–Trinajstić information content (AvgIpc) is 2.35. The molecule has 1 radical (unpaired) electrons. The van der Waals surface area contributed by atoms with Gasteiger partial charge in [0.1, 0.15) is 13.2 Å². The number of amides is 1. The molecule has 0 unspecified atom stereocenters. The molecule has 0 aliphatic heterocycles. The second-order valence-corrected chi connectivity index (χ2v) is 3.40. The van der Waals surface area contributed by atoms with Gasteiger partial charge in [0.15, 0.2) is 0 Å². The Hall–Kier alpha value is -1.79. The summed E-state index contributed by atoms with van der Waals surface area (Å²) in [7, 11) is 0. The molecule has 18 heavy (non-hydrogen) atoms. The maximum atomic E-state index is 10.8. The normalized spacial score (nSPS) is 9.67. The number of hydrogen-bond donors (Lipinski definition) is 0. The minimum absolute atomic E-state index is 0.00223. The zero-order valence-corrected chi connectivity index (χ0v) is 10.6. The van der Waals surface area contributed by atoms with Crippen molar-refractivity contribution in [3.05, 3.63) is 0 Å². The Morgan fingerprint density at radius 3 is 1.56 bits per heavy atom. The Morgan fingerprint density at radius 1 is 0.889 bits per heavy atom. The first-order chi connectivity index (χ1) is 8.51. The third-order valence-electron chi connectivity index (χ3n) is 2.08. The minimum Gasteiger partial charge on any atom is -0.464 e. The third-order valence-corrected chi connectivity index (χ3v) is 2.08. The second-order valence-electron chi connectivity index (χ2n) is 3.40. The van der Waals surface area contributed by atoms with Crippen molar-refractivity contribution >= 4 is 18.0 Å². The Labute approximate surface area is 106 Å². The summed E-state index contributed by atoms with van der Waals surface area (Å²) in [4.78, 5) is 33.3. The lowest BCUT2D eigenvalue weighted by Gasteiger charge is -2.17. The predicted molar refractivity (Wildman–Crippen MR) is 60.2 cm³/mol. The van der Waals surface area contributed by atoms with E-state index in [1.807, 2.05) is 0 Å². The number of rotatable bonds is 8. The standard InChI is InChI=1S/C11H18NO6/c1-3-9(13)17-7-5-12(11(15)16)6-8-18-10(14)4-2/h3-8H2,1-2H3. The number of carbonyl (C=O) groups excluding carboxylic acids is 3. The number of nitrogens with zero attached hydrogens (tertiary/aromatic N) is 1. The molecule has 0 atom stereocenters. The minimum atomic E-state index is -1.39. The molecule has 0 bridgehead atoms. The summed E-state index contributed by atoms with van der Waals surface area (Å²) in [6.45, 7) is 3.20. The van der Waals surface area contributed by atoms with Crippen LogP contribution < -0.4 is 0 Å². The van der Waals surface area contributed by atoms with Crippen LogP contribution in [0.4, 0.5) is 4.79 Å². The van der Waals surface area contributed by atoms with Gasteiger partial charge in [-0.15, -0.1) is 0 Å². The lowest BCUT2D eigenvalue weighted by Crippen LogP contribution is -2.35. The van der Waals surface area contributed by atoms with Crippen LogP contribution in [0, 0.1) is 0 Å². The van der Waals surface area contributed by atoms with Crippen LogP contribution in [-0.4, -0.2) is 49.2 Å². The van der Waals surface area contributed by atoms with Crippen molar-refractivity contribution < 1.29 is 29.0 Å². The average molecular weight is 260 g/mol. The fourth-order valence-corrected chi connectivity index (χ4v) is 1.04. The first kappa shape index (κ1) is 16.2. The van der Waals surface area contributed by atoms with Crippen LogP contribution in [0.15, 0.2) is 0 Å². The highest BCUT2D eigenvalue weighted by atomic mass is 16.5. The van der Waals surface area contributed by atoms with Gasteiger partial charge in [0, 0.05) is 12.8 Å². The first-order valence-electron chi connectivity index (χ1n) is 5.78. The highest BCUT2D eigenvalue weighted by molar-refractivity contribution is 5.69. The molecule has 0 saturated carbocycles. The lowest BCUT2D eigenvalue weighted by molar-refractivity contribution is -0.143. The van der Waals surface area contributed by atoms with Gasteiger partial charge in [-0.3, -0.25) is 14.5 Å². The topological polar surface area (TPSA) is 92.8 Å². The summed E-state index contributed by atoms with van der Waals surface area (Å²) < 4.78 is 9.48. The van der Waals surface area contributed by atoms with Gasteiger partial charge in [0.05, 0.1) is 13.1 Å². The quantitative estimate of drug-likeness (QED) is 0.600. The monoisotopic (exact) mass is 260 g/mol.